The summed E-state index contributed by atoms with van der Waals surface area (Å²) >= 11 is 0. The third kappa shape index (κ3) is 3.74. The molecule has 0 aliphatic carbocycles. The lowest BCUT2D eigenvalue weighted by molar-refractivity contribution is -0.0693. The lowest BCUT2D eigenvalue weighted by atomic mass is 10.0. The molecule has 128 valence electrons. The number of nitrogens with zero attached hydrogens (tertiary/aromatic N) is 1. The van der Waals surface area contributed by atoms with Crippen LogP contribution in [0.4, 0.5) is 8.78 Å². The van der Waals surface area contributed by atoms with Gasteiger partial charge in [-0.15, -0.1) is 0 Å². The summed E-state index contributed by atoms with van der Waals surface area (Å²) in [7, 11) is 1.35. The normalized spacial score (nSPS) is 19.9. The molecule has 0 N–H and O–H groups in total. The summed E-state index contributed by atoms with van der Waals surface area (Å²) in [5.41, 5.74) is 1.38. The van der Waals surface area contributed by atoms with Crippen LogP contribution < -0.4 is 4.74 Å². The van der Waals surface area contributed by atoms with E-state index in [1.807, 2.05) is 30.3 Å². The van der Waals surface area contributed by atoms with E-state index in [1.165, 1.54) is 24.8 Å². The SMILES string of the molecule is COc1c(F)cccc1C(F)C1CN(Cc2ccccc2)CCO1. The largest absolute Gasteiger partial charge is 0.493 e. The Morgan fingerprint density at radius 1 is 1.21 bits per heavy atom. The second-order valence-corrected chi connectivity index (χ2v) is 5.89. The zero-order valence-electron chi connectivity index (χ0n) is 13.6. The summed E-state index contributed by atoms with van der Waals surface area (Å²) in [5.74, 6) is -0.608. The first-order valence-electron chi connectivity index (χ1n) is 8.03. The highest BCUT2D eigenvalue weighted by molar-refractivity contribution is 5.37. The Bertz CT molecular complexity index is 666. The molecule has 0 saturated carbocycles. The highest BCUT2D eigenvalue weighted by Gasteiger charge is 2.31. The van der Waals surface area contributed by atoms with Crippen LogP contribution in [0.25, 0.3) is 0 Å². The van der Waals surface area contributed by atoms with Crippen LogP contribution in [0.15, 0.2) is 48.5 Å². The van der Waals surface area contributed by atoms with Crippen LogP contribution in [0.5, 0.6) is 5.75 Å². The van der Waals surface area contributed by atoms with E-state index in [0.29, 0.717) is 13.2 Å². The van der Waals surface area contributed by atoms with Gasteiger partial charge in [0.15, 0.2) is 17.7 Å². The highest BCUT2D eigenvalue weighted by atomic mass is 19.1. The molecule has 24 heavy (non-hydrogen) atoms. The molecule has 2 aromatic rings. The Morgan fingerprint density at radius 3 is 2.75 bits per heavy atom. The summed E-state index contributed by atoms with van der Waals surface area (Å²) in [4.78, 5) is 2.15. The smallest absolute Gasteiger partial charge is 0.165 e. The molecule has 5 heteroatoms. The third-order valence-corrected chi connectivity index (χ3v) is 4.25. The lowest BCUT2D eigenvalue weighted by Crippen LogP contribution is -2.43. The van der Waals surface area contributed by atoms with Crippen LogP contribution in [0.2, 0.25) is 0 Å². The van der Waals surface area contributed by atoms with Gasteiger partial charge in [-0.05, 0) is 11.6 Å². The van der Waals surface area contributed by atoms with Crippen LogP contribution in [-0.2, 0) is 11.3 Å². The maximum Gasteiger partial charge on any atom is 0.165 e. The van der Waals surface area contributed by atoms with Gasteiger partial charge in [-0.3, -0.25) is 4.90 Å². The van der Waals surface area contributed by atoms with Gasteiger partial charge in [-0.2, -0.15) is 0 Å². The molecule has 0 aromatic heterocycles. The number of benzene rings is 2. The summed E-state index contributed by atoms with van der Waals surface area (Å²) in [6.45, 7) is 2.40. The molecule has 1 heterocycles. The molecule has 2 unspecified atom stereocenters. The van der Waals surface area contributed by atoms with Crippen molar-refractivity contribution in [1.82, 2.24) is 4.90 Å². The molecule has 0 bridgehead atoms. The number of alkyl halides is 1. The average Bonchev–Trinajstić information content (AvgIpc) is 2.62. The van der Waals surface area contributed by atoms with Gasteiger partial charge in [-0.1, -0.05) is 42.5 Å². The van der Waals surface area contributed by atoms with Gasteiger partial charge < -0.3 is 9.47 Å². The van der Waals surface area contributed by atoms with Crippen molar-refractivity contribution in [3.63, 3.8) is 0 Å². The van der Waals surface area contributed by atoms with E-state index in [9.17, 15) is 8.78 Å². The number of rotatable bonds is 5. The number of hydrogen-bond donors (Lipinski definition) is 0. The van der Waals surface area contributed by atoms with E-state index in [0.717, 1.165) is 13.1 Å². The zero-order chi connectivity index (χ0) is 16.9. The fourth-order valence-corrected chi connectivity index (χ4v) is 3.05. The summed E-state index contributed by atoms with van der Waals surface area (Å²) in [6, 6.07) is 14.3. The number of methoxy groups -OCH3 is 1. The molecular formula is C19H21F2NO2. The Balaban J connectivity index is 1.71. The molecule has 3 nitrogen and oxygen atoms in total. The summed E-state index contributed by atoms with van der Waals surface area (Å²) in [5, 5.41) is 0. The van der Waals surface area contributed by atoms with Crippen molar-refractivity contribution < 1.29 is 18.3 Å². The minimum absolute atomic E-state index is 0.0474. The third-order valence-electron chi connectivity index (χ3n) is 4.25. The molecule has 0 amide bonds. The predicted molar refractivity (Wildman–Crippen MR) is 88.3 cm³/mol. The molecule has 1 aliphatic heterocycles. The maximum atomic E-state index is 15.0. The van der Waals surface area contributed by atoms with E-state index in [-0.39, 0.29) is 11.3 Å². The van der Waals surface area contributed by atoms with Gasteiger partial charge in [0.1, 0.15) is 6.10 Å². The molecule has 2 atom stereocenters. The topological polar surface area (TPSA) is 21.7 Å². The second-order valence-electron chi connectivity index (χ2n) is 5.89. The van der Waals surface area contributed by atoms with Crippen molar-refractivity contribution in [3.8, 4) is 5.75 Å². The van der Waals surface area contributed by atoms with E-state index in [1.54, 1.807) is 6.07 Å². The van der Waals surface area contributed by atoms with E-state index in [2.05, 4.69) is 4.90 Å². The summed E-state index contributed by atoms with van der Waals surface area (Å²) < 4.78 is 39.4. The van der Waals surface area contributed by atoms with Crippen LogP contribution >= 0.6 is 0 Å². The first kappa shape index (κ1) is 16.9. The number of halogens is 2. The summed E-state index contributed by atoms with van der Waals surface area (Å²) in [6.07, 6.45) is -2.08. The Labute approximate surface area is 140 Å². The molecule has 3 rings (SSSR count). The van der Waals surface area contributed by atoms with Crippen molar-refractivity contribution in [1.29, 1.82) is 0 Å². The Hall–Kier alpha value is -1.98. The van der Waals surface area contributed by atoms with Crippen LogP contribution in [0.1, 0.15) is 17.3 Å². The maximum absolute atomic E-state index is 15.0. The second kappa shape index (κ2) is 7.73. The molecule has 1 aliphatic rings. The Kier molecular flexibility index (Phi) is 5.43. The highest BCUT2D eigenvalue weighted by Crippen LogP contribution is 2.34. The van der Waals surface area contributed by atoms with Gasteiger partial charge in [0, 0.05) is 25.2 Å². The van der Waals surface area contributed by atoms with Crippen LogP contribution in [-0.4, -0.2) is 37.8 Å². The van der Waals surface area contributed by atoms with Crippen molar-refractivity contribution >= 4 is 0 Å². The zero-order valence-corrected chi connectivity index (χ0v) is 13.6. The van der Waals surface area contributed by atoms with Crippen molar-refractivity contribution in [3.05, 3.63) is 65.5 Å². The predicted octanol–water partition coefficient (Wildman–Crippen LogP) is 3.75. The van der Waals surface area contributed by atoms with Crippen molar-refractivity contribution in [2.24, 2.45) is 0 Å². The van der Waals surface area contributed by atoms with Gasteiger partial charge >= 0.3 is 0 Å². The van der Waals surface area contributed by atoms with E-state index >= 15 is 0 Å². The molecule has 2 aromatic carbocycles. The molecule has 0 radical (unpaired) electrons. The molecule has 1 fully saturated rings. The van der Waals surface area contributed by atoms with E-state index in [4.69, 9.17) is 9.47 Å². The fraction of sp³-hybridized carbons (Fsp3) is 0.368. The lowest BCUT2D eigenvalue weighted by Gasteiger charge is -2.34. The van der Waals surface area contributed by atoms with Gasteiger partial charge in [0.2, 0.25) is 0 Å². The monoisotopic (exact) mass is 333 g/mol. The average molecular weight is 333 g/mol. The van der Waals surface area contributed by atoms with Crippen LogP contribution in [0.3, 0.4) is 0 Å². The minimum Gasteiger partial charge on any atom is -0.493 e. The van der Waals surface area contributed by atoms with Crippen LogP contribution in [0, 0.1) is 5.82 Å². The van der Waals surface area contributed by atoms with Crippen molar-refractivity contribution in [2.45, 2.75) is 18.8 Å². The van der Waals surface area contributed by atoms with Gasteiger partial charge in [0.05, 0.1) is 13.7 Å². The number of hydrogen-bond acceptors (Lipinski definition) is 3. The quantitative estimate of drug-likeness (QED) is 0.832. The standard InChI is InChI=1S/C19H21F2NO2/c1-23-19-15(8-5-9-16(19)20)18(21)17-13-22(10-11-24-17)12-14-6-3-2-4-7-14/h2-9,17-18H,10-13H2,1H3. The minimum atomic E-state index is -1.44. The number of morpholine rings is 1. The fourth-order valence-electron chi connectivity index (χ4n) is 3.05. The number of ether oxygens (including phenoxy) is 2. The molecule has 0 spiro atoms. The van der Waals surface area contributed by atoms with Gasteiger partial charge in [0.25, 0.3) is 0 Å². The molecular weight excluding hydrogens is 312 g/mol. The van der Waals surface area contributed by atoms with Gasteiger partial charge in [-0.25, -0.2) is 8.78 Å². The van der Waals surface area contributed by atoms with E-state index < -0.39 is 18.1 Å². The first-order valence-corrected chi connectivity index (χ1v) is 8.03. The number of para-hydroxylation sites is 1. The molecule has 1 saturated heterocycles. The first-order chi connectivity index (χ1) is 11.7. The Morgan fingerprint density at radius 2 is 2.00 bits per heavy atom. The van der Waals surface area contributed by atoms with Crippen molar-refractivity contribution in [2.75, 3.05) is 26.8 Å².